The summed E-state index contributed by atoms with van der Waals surface area (Å²) >= 11 is 0. The van der Waals surface area contributed by atoms with Crippen LogP contribution >= 0.6 is 0 Å². The molecule has 1 heterocycles. The molecule has 1 amide bonds. The van der Waals surface area contributed by atoms with E-state index in [0.29, 0.717) is 13.1 Å². The van der Waals surface area contributed by atoms with E-state index in [0.717, 1.165) is 35.7 Å². The molecule has 1 aromatic heterocycles. The van der Waals surface area contributed by atoms with Gasteiger partial charge in [-0.2, -0.15) is 0 Å². The minimum absolute atomic E-state index is 0.112. The summed E-state index contributed by atoms with van der Waals surface area (Å²) in [4.78, 5) is 20.4. The number of likely N-dealkylation sites (N-methyl/N-ethyl adjacent to an activating group) is 2. The van der Waals surface area contributed by atoms with E-state index in [1.807, 2.05) is 50.6 Å². The standard InChI is InChI=1S/C15H26N4O/c1-6-19(7-2)14(20)10-18(5)15-13(9-16)11(3)8-12(4)17-15/h8H,6-7,9-10,16H2,1-5H3. The van der Waals surface area contributed by atoms with Crippen molar-refractivity contribution in [1.82, 2.24) is 9.88 Å². The van der Waals surface area contributed by atoms with Gasteiger partial charge in [0.15, 0.2) is 0 Å². The van der Waals surface area contributed by atoms with Gasteiger partial charge in [0.05, 0.1) is 6.54 Å². The highest BCUT2D eigenvalue weighted by Gasteiger charge is 2.17. The van der Waals surface area contributed by atoms with E-state index >= 15 is 0 Å². The lowest BCUT2D eigenvalue weighted by atomic mass is 10.1. The van der Waals surface area contributed by atoms with Crippen LogP contribution in [0.25, 0.3) is 0 Å². The SMILES string of the molecule is CCN(CC)C(=O)CN(C)c1nc(C)cc(C)c1CN. The predicted molar refractivity (Wildman–Crippen MR) is 82.8 cm³/mol. The number of nitrogens with zero attached hydrogens (tertiary/aromatic N) is 3. The van der Waals surface area contributed by atoms with Gasteiger partial charge in [-0.05, 0) is 39.3 Å². The Kier molecular flexibility index (Phi) is 5.95. The molecule has 5 heteroatoms. The quantitative estimate of drug-likeness (QED) is 0.856. The van der Waals surface area contributed by atoms with Gasteiger partial charge in [-0.15, -0.1) is 0 Å². The van der Waals surface area contributed by atoms with Crippen molar-refractivity contribution in [3.63, 3.8) is 0 Å². The van der Waals surface area contributed by atoms with Crippen LogP contribution in [-0.2, 0) is 11.3 Å². The predicted octanol–water partition coefficient (Wildman–Crippen LogP) is 1.46. The van der Waals surface area contributed by atoms with Gasteiger partial charge in [0, 0.05) is 37.9 Å². The third-order valence-electron chi connectivity index (χ3n) is 3.51. The second-order valence-electron chi connectivity index (χ2n) is 5.01. The molecule has 0 saturated carbocycles. The van der Waals surface area contributed by atoms with Crippen molar-refractivity contribution in [2.75, 3.05) is 31.6 Å². The van der Waals surface area contributed by atoms with Gasteiger partial charge in [0.1, 0.15) is 5.82 Å². The molecule has 0 bridgehead atoms. The molecule has 0 aromatic carbocycles. The maximum absolute atomic E-state index is 12.2. The lowest BCUT2D eigenvalue weighted by Gasteiger charge is -2.26. The van der Waals surface area contributed by atoms with Crippen molar-refractivity contribution in [1.29, 1.82) is 0 Å². The summed E-state index contributed by atoms with van der Waals surface area (Å²) < 4.78 is 0. The summed E-state index contributed by atoms with van der Waals surface area (Å²) in [6, 6.07) is 2.02. The van der Waals surface area contributed by atoms with Crippen LogP contribution < -0.4 is 10.6 Å². The number of carbonyl (C=O) groups is 1. The zero-order valence-electron chi connectivity index (χ0n) is 13.2. The van der Waals surface area contributed by atoms with Crippen LogP contribution in [0.3, 0.4) is 0 Å². The highest BCUT2D eigenvalue weighted by Crippen LogP contribution is 2.21. The van der Waals surface area contributed by atoms with Crippen LogP contribution in [0, 0.1) is 13.8 Å². The van der Waals surface area contributed by atoms with Crippen molar-refractivity contribution in [2.45, 2.75) is 34.2 Å². The number of aromatic nitrogens is 1. The number of anilines is 1. The van der Waals surface area contributed by atoms with Crippen LogP contribution in [0.4, 0.5) is 5.82 Å². The second kappa shape index (κ2) is 7.24. The summed E-state index contributed by atoms with van der Waals surface area (Å²) in [5.41, 5.74) is 8.89. The van der Waals surface area contributed by atoms with Crippen LogP contribution in [0.15, 0.2) is 6.07 Å². The number of amides is 1. The van der Waals surface area contributed by atoms with Gasteiger partial charge < -0.3 is 15.5 Å². The third-order valence-corrected chi connectivity index (χ3v) is 3.51. The Hall–Kier alpha value is -1.62. The Morgan fingerprint density at radius 2 is 1.90 bits per heavy atom. The van der Waals surface area contributed by atoms with Gasteiger partial charge >= 0.3 is 0 Å². The van der Waals surface area contributed by atoms with Gasteiger partial charge in [-0.25, -0.2) is 4.98 Å². The van der Waals surface area contributed by atoms with Gasteiger partial charge in [-0.3, -0.25) is 4.79 Å². The molecule has 0 unspecified atom stereocenters. The molecule has 0 aliphatic rings. The molecular weight excluding hydrogens is 252 g/mol. The average molecular weight is 278 g/mol. The molecule has 112 valence electrons. The average Bonchev–Trinajstić information content (AvgIpc) is 2.39. The number of nitrogens with two attached hydrogens (primary N) is 1. The van der Waals surface area contributed by atoms with Crippen molar-refractivity contribution >= 4 is 11.7 Å². The first kappa shape index (κ1) is 16.4. The Bertz CT molecular complexity index is 469. The highest BCUT2D eigenvalue weighted by atomic mass is 16.2. The van der Waals surface area contributed by atoms with Crippen LogP contribution in [-0.4, -0.2) is 42.5 Å². The molecule has 0 atom stereocenters. The molecule has 0 aliphatic heterocycles. The molecule has 20 heavy (non-hydrogen) atoms. The molecule has 1 aromatic rings. The molecule has 1 rings (SSSR count). The molecule has 2 N–H and O–H groups in total. The molecule has 0 aliphatic carbocycles. The summed E-state index contributed by atoms with van der Waals surface area (Å²) in [5, 5.41) is 0. The maximum Gasteiger partial charge on any atom is 0.242 e. The number of carbonyl (C=O) groups excluding carboxylic acids is 1. The summed E-state index contributed by atoms with van der Waals surface area (Å²) in [6.45, 7) is 10.2. The Morgan fingerprint density at radius 3 is 2.40 bits per heavy atom. The van der Waals surface area contributed by atoms with E-state index in [1.54, 1.807) is 0 Å². The first-order valence-corrected chi connectivity index (χ1v) is 7.10. The van der Waals surface area contributed by atoms with E-state index in [9.17, 15) is 4.79 Å². The smallest absolute Gasteiger partial charge is 0.242 e. The number of rotatable bonds is 6. The topological polar surface area (TPSA) is 62.5 Å². The van der Waals surface area contributed by atoms with E-state index in [4.69, 9.17) is 5.73 Å². The van der Waals surface area contributed by atoms with Crippen molar-refractivity contribution in [3.8, 4) is 0 Å². The number of aryl methyl sites for hydroxylation is 2. The van der Waals surface area contributed by atoms with Gasteiger partial charge in [0.25, 0.3) is 0 Å². The summed E-state index contributed by atoms with van der Waals surface area (Å²) in [6.07, 6.45) is 0. The fourth-order valence-corrected chi connectivity index (χ4v) is 2.37. The van der Waals surface area contributed by atoms with E-state index in [-0.39, 0.29) is 5.91 Å². The highest BCUT2D eigenvalue weighted by molar-refractivity contribution is 5.81. The molecule has 5 nitrogen and oxygen atoms in total. The van der Waals surface area contributed by atoms with E-state index < -0.39 is 0 Å². The Labute approximate surface area is 121 Å². The fraction of sp³-hybridized carbons (Fsp3) is 0.600. The lowest BCUT2D eigenvalue weighted by molar-refractivity contribution is -0.129. The van der Waals surface area contributed by atoms with Crippen molar-refractivity contribution in [3.05, 3.63) is 22.9 Å². The second-order valence-corrected chi connectivity index (χ2v) is 5.01. The van der Waals surface area contributed by atoms with Gasteiger partial charge in [0.2, 0.25) is 5.91 Å². The van der Waals surface area contributed by atoms with E-state index in [2.05, 4.69) is 4.98 Å². The number of pyridine rings is 1. The van der Waals surface area contributed by atoms with Crippen LogP contribution in [0.5, 0.6) is 0 Å². The van der Waals surface area contributed by atoms with E-state index in [1.165, 1.54) is 0 Å². The molecule has 0 saturated heterocycles. The van der Waals surface area contributed by atoms with Crippen molar-refractivity contribution in [2.24, 2.45) is 5.73 Å². The summed E-state index contributed by atoms with van der Waals surface area (Å²) in [7, 11) is 1.89. The van der Waals surface area contributed by atoms with Gasteiger partial charge in [-0.1, -0.05) is 0 Å². The largest absolute Gasteiger partial charge is 0.350 e. The zero-order valence-corrected chi connectivity index (χ0v) is 13.2. The van der Waals surface area contributed by atoms with Crippen LogP contribution in [0.1, 0.15) is 30.7 Å². The summed E-state index contributed by atoms with van der Waals surface area (Å²) in [5.74, 6) is 0.923. The maximum atomic E-state index is 12.2. The fourth-order valence-electron chi connectivity index (χ4n) is 2.37. The molecule has 0 radical (unpaired) electrons. The van der Waals surface area contributed by atoms with Crippen molar-refractivity contribution < 1.29 is 4.79 Å². The Morgan fingerprint density at radius 1 is 1.30 bits per heavy atom. The Balaban J connectivity index is 2.97. The molecule has 0 spiro atoms. The minimum atomic E-state index is 0.112. The normalized spacial score (nSPS) is 10.5. The first-order chi connectivity index (χ1) is 9.44. The third kappa shape index (κ3) is 3.70. The zero-order chi connectivity index (χ0) is 15.3. The lowest BCUT2D eigenvalue weighted by Crippen LogP contribution is -2.39. The first-order valence-electron chi connectivity index (χ1n) is 7.10. The number of hydrogen-bond donors (Lipinski definition) is 1. The number of hydrogen-bond acceptors (Lipinski definition) is 4. The molecular formula is C15H26N4O. The minimum Gasteiger partial charge on any atom is -0.350 e. The van der Waals surface area contributed by atoms with Crippen LogP contribution in [0.2, 0.25) is 0 Å². The molecule has 0 fully saturated rings. The monoisotopic (exact) mass is 278 g/mol.